The number of nitrogens with zero attached hydrogens (tertiary/aromatic N) is 1. The molecule has 0 bridgehead atoms. The zero-order valence-electron chi connectivity index (χ0n) is 12.3. The van der Waals surface area contributed by atoms with Crippen LogP contribution in [-0.4, -0.2) is 51.2 Å². The van der Waals surface area contributed by atoms with Crippen molar-refractivity contribution in [1.82, 2.24) is 10.2 Å². The molecule has 5 heteroatoms. The molecule has 0 saturated carbocycles. The summed E-state index contributed by atoms with van der Waals surface area (Å²) in [4.78, 5) is 14.3. The number of hydrogen-bond donors (Lipinski definition) is 1. The molecule has 0 aromatic heterocycles. The van der Waals surface area contributed by atoms with Gasteiger partial charge in [0.15, 0.2) is 11.5 Å². The number of likely N-dealkylation sites (tertiary alicyclic amines) is 1. The summed E-state index contributed by atoms with van der Waals surface area (Å²) in [5, 5.41) is 3.07. The van der Waals surface area contributed by atoms with Crippen molar-refractivity contribution in [3.63, 3.8) is 0 Å². The minimum absolute atomic E-state index is 0.0533. The fourth-order valence-corrected chi connectivity index (χ4v) is 2.51. The maximum atomic E-state index is 12.0. The van der Waals surface area contributed by atoms with Gasteiger partial charge in [-0.1, -0.05) is 6.07 Å². The Labute approximate surface area is 119 Å². The zero-order valence-corrected chi connectivity index (χ0v) is 12.3. The Morgan fingerprint density at radius 2 is 2.10 bits per heavy atom. The minimum atomic E-state index is 0.0533. The molecule has 110 valence electrons. The first kappa shape index (κ1) is 14.7. The van der Waals surface area contributed by atoms with E-state index >= 15 is 0 Å². The molecule has 1 aliphatic rings. The van der Waals surface area contributed by atoms with E-state index in [2.05, 4.69) is 17.3 Å². The molecule has 1 saturated heterocycles. The molecule has 1 heterocycles. The SMILES string of the molecule is COc1ccc(CC(=O)NC2CCN(C)C2)cc1OC. The molecule has 1 unspecified atom stereocenters. The third kappa shape index (κ3) is 3.63. The van der Waals surface area contributed by atoms with Crippen LogP contribution in [0.25, 0.3) is 0 Å². The lowest BCUT2D eigenvalue weighted by molar-refractivity contribution is -0.121. The Morgan fingerprint density at radius 1 is 1.35 bits per heavy atom. The molecular formula is C15H22N2O3. The van der Waals surface area contributed by atoms with Gasteiger partial charge in [0, 0.05) is 12.6 Å². The normalized spacial score (nSPS) is 18.9. The number of rotatable bonds is 5. The fraction of sp³-hybridized carbons (Fsp3) is 0.533. The lowest BCUT2D eigenvalue weighted by atomic mass is 10.1. The molecule has 0 aliphatic carbocycles. The molecule has 0 radical (unpaired) electrons. The van der Waals surface area contributed by atoms with Crippen LogP contribution in [0.4, 0.5) is 0 Å². The molecule has 1 aromatic carbocycles. The molecule has 0 spiro atoms. The second kappa shape index (κ2) is 6.61. The predicted octanol–water partition coefficient (Wildman–Crippen LogP) is 1.07. The van der Waals surface area contributed by atoms with Crippen molar-refractivity contribution in [2.24, 2.45) is 0 Å². The lowest BCUT2D eigenvalue weighted by Gasteiger charge is -2.13. The standard InChI is InChI=1S/C15H22N2O3/c1-17-7-6-12(10-17)16-15(18)9-11-4-5-13(19-2)14(8-11)20-3/h4-5,8,12H,6-7,9-10H2,1-3H3,(H,16,18). The molecule has 1 fully saturated rings. The number of methoxy groups -OCH3 is 2. The summed E-state index contributed by atoms with van der Waals surface area (Å²) in [6.45, 7) is 1.97. The van der Waals surface area contributed by atoms with Crippen LogP contribution in [0.15, 0.2) is 18.2 Å². The monoisotopic (exact) mass is 278 g/mol. The van der Waals surface area contributed by atoms with Crippen LogP contribution >= 0.6 is 0 Å². The number of benzene rings is 1. The van der Waals surface area contributed by atoms with E-state index in [1.54, 1.807) is 14.2 Å². The van der Waals surface area contributed by atoms with E-state index in [0.717, 1.165) is 25.1 Å². The van der Waals surface area contributed by atoms with Gasteiger partial charge in [-0.2, -0.15) is 0 Å². The van der Waals surface area contributed by atoms with Crippen LogP contribution in [0.3, 0.4) is 0 Å². The highest BCUT2D eigenvalue weighted by atomic mass is 16.5. The summed E-state index contributed by atoms with van der Waals surface area (Å²) < 4.78 is 10.4. The summed E-state index contributed by atoms with van der Waals surface area (Å²) >= 11 is 0. The summed E-state index contributed by atoms with van der Waals surface area (Å²) in [5.74, 6) is 1.38. The largest absolute Gasteiger partial charge is 0.493 e. The van der Waals surface area contributed by atoms with Gasteiger partial charge in [-0.15, -0.1) is 0 Å². The van der Waals surface area contributed by atoms with E-state index in [1.165, 1.54) is 0 Å². The van der Waals surface area contributed by atoms with Gasteiger partial charge >= 0.3 is 0 Å². The van der Waals surface area contributed by atoms with Crippen molar-refractivity contribution < 1.29 is 14.3 Å². The number of hydrogen-bond acceptors (Lipinski definition) is 4. The first-order chi connectivity index (χ1) is 9.62. The Morgan fingerprint density at radius 3 is 2.70 bits per heavy atom. The van der Waals surface area contributed by atoms with E-state index in [9.17, 15) is 4.79 Å². The maximum Gasteiger partial charge on any atom is 0.224 e. The van der Waals surface area contributed by atoms with Gasteiger partial charge in [-0.25, -0.2) is 0 Å². The van der Waals surface area contributed by atoms with Crippen molar-refractivity contribution in [2.45, 2.75) is 18.9 Å². The summed E-state index contributed by atoms with van der Waals surface area (Å²) in [5.41, 5.74) is 0.923. The smallest absolute Gasteiger partial charge is 0.224 e. The third-order valence-electron chi connectivity index (χ3n) is 3.57. The highest BCUT2D eigenvalue weighted by molar-refractivity contribution is 5.79. The molecule has 2 rings (SSSR count). The maximum absolute atomic E-state index is 12.0. The average Bonchev–Trinajstić information content (AvgIpc) is 2.83. The second-order valence-corrected chi connectivity index (χ2v) is 5.18. The minimum Gasteiger partial charge on any atom is -0.493 e. The Hall–Kier alpha value is -1.75. The van der Waals surface area contributed by atoms with Crippen molar-refractivity contribution in [3.05, 3.63) is 23.8 Å². The Balaban J connectivity index is 1.94. The van der Waals surface area contributed by atoms with Gasteiger partial charge in [0.05, 0.1) is 20.6 Å². The van der Waals surface area contributed by atoms with Crippen molar-refractivity contribution in [3.8, 4) is 11.5 Å². The molecule has 1 aliphatic heterocycles. The summed E-state index contributed by atoms with van der Waals surface area (Å²) in [6.07, 6.45) is 1.38. The first-order valence-electron chi connectivity index (χ1n) is 6.81. The van der Waals surface area contributed by atoms with Gasteiger partial charge in [-0.3, -0.25) is 4.79 Å². The lowest BCUT2D eigenvalue weighted by Crippen LogP contribution is -2.37. The van der Waals surface area contributed by atoms with Crippen molar-refractivity contribution in [2.75, 3.05) is 34.4 Å². The van der Waals surface area contributed by atoms with Gasteiger partial charge in [-0.05, 0) is 37.7 Å². The summed E-state index contributed by atoms with van der Waals surface area (Å²) in [7, 11) is 5.26. The van der Waals surface area contributed by atoms with Gasteiger partial charge in [0.1, 0.15) is 0 Å². The number of nitrogens with one attached hydrogen (secondary N) is 1. The first-order valence-corrected chi connectivity index (χ1v) is 6.81. The van der Waals surface area contributed by atoms with E-state index in [4.69, 9.17) is 9.47 Å². The third-order valence-corrected chi connectivity index (χ3v) is 3.57. The number of amides is 1. The Bertz CT molecular complexity index is 476. The van der Waals surface area contributed by atoms with Gasteiger partial charge in [0.2, 0.25) is 5.91 Å². The van der Waals surface area contributed by atoms with E-state index in [-0.39, 0.29) is 11.9 Å². The summed E-state index contributed by atoms with van der Waals surface area (Å²) in [6, 6.07) is 5.83. The van der Waals surface area contributed by atoms with Crippen molar-refractivity contribution >= 4 is 5.91 Å². The molecule has 20 heavy (non-hydrogen) atoms. The van der Waals surface area contributed by atoms with Crippen LogP contribution < -0.4 is 14.8 Å². The van der Waals surface area contributed by atoms with Gasteiger partial charge in [0.25, 0.3) is 0 Å². The number of ether oxygens (including phenoxy) is 2. The average molecular weight is 278 g/mol. The van der Waals surface area contributed by atoms with E-state index in [0.29, 0.717) is 17.9 Å². The highest BCUT2D eigenvalue weighted by Gasteiger charge is 2.21. The molecule has 1 aromatic rings. The predicted molar refractivity (Wildman–Crippen MR) is 77.3 cm³/mol. The molecular weight excluding hydrogens is 256 g/mol. The quantitative estimate of drug-likeness (QED) is 0.875. The molecule has 1 amide bonds. The van der Waals surface area contributed by atoms with Crippen LogP contribution in [0.5, 0.6) is 11.5 Å². The zero-order chi connectivity index (χ0) is 14.5. The Kier molecular flexibility index (Phi) is 4.84. The second-order valence-electron chi connectivity index (χ2n) is 5.18. The van der Waals surface area contributed by atoms with Crippen LogP contribution in [-0.2, 0) is 11.2 Å². The molecule has 1 N–H and O–H groups in total. The van der Waals surface area contributed by atoms with Crippen molar-refractivity contribution in [1.29, 1.82) is 0 Å². The number of likely N-dealkylation sites (N-methyl/N-ethyl adjacent to an activating group) is 1. The number of carbonyl (C=O) groups is 1. The van der Waals surface area contributed by atoms with Crippen LogP contribution in [0.2, 0.25) is 0 Å². The van der Waals surface area contributed by atoms with Crippen LogP contribution in [0, 0.1) is 0 Å². The molecule has 1 atom stereocenters. The highest BCUT2D eigenvalue weighted by Crippen LogP contribution is 2.27. The fourth-order valence-electron chi connectivity index (χ4n) is 2.51. The van der Waals surface area contributed by atoms with Gasteiger partial charge < -0.3 is 19.7 Å². The van der Waals surface area contributed by atoms with E-state index in [1.807, 2.05) is 18.2 Å². The van der Waals surface area contributed by atoms with E-state index < -0.39 is 0 Å². The van der Waals surface area contributed by atoms with Crippen LogP contribution in [0.1, 0.15) is 12.0 Å². The number of carbonyl (C=O) groups excluding carboxylic acids is 1. The topological polar surface area (TPSA) is 50.8 Å². The molecule has 5 nitrogen and oxygen atoms in total.